The molecular weight excluding hydrogens is 270 g/mol. The molecule has 0 aliphatic carbocycles. The first-order valence-corrected chi connectivity index (χ1v) is 6.71. The summed E-state index contributed by atoms with van der Waals surface area (Å²) < 4.78 is 10.9. The molecule has 21 heavy (non-hydrogen) atoms. The lowest BCUT2D eigenvalue weighted by molar-refractivity contribution is -0.110. The molecule has 1 aromatic carbocycles. The molecule has 6 heteroatoms. The number of aromatic amines is 1. The predicted octanol–water partition coefficient (Wildman–Crippen LogP) is 1.68. The predicted molar refractivity (Wildman–Crippen MR) is 76.8 cm³/mol. The van der Waals surface area contributed by atoms with Crippen molar-refractivity contribution in [2.24, 2.45) is 0 Å². The zero-order valence-corrected chi connectivity index (χ0v) is 11.1. The maximum absolute atomic E-state index is 12.2. The molecule has 0 saturated carbocycles. The van der Waals surface area contributed by atoms with E-state index in [1.807, 2.05) is 18.2 Å². The van der Waals surface area contributed by atoms with Crippen molar-refractivity contribution in [1.29, 1.82) is 0 Å². The second kappa shape index (κ2) is 4.75. The number of carbonyl (C=O) groups excluding carboxylic acids is 1. The second-order valence-electron chi connectivity index (χ2n) is 4.97. The number of hydrogen-bond donors (Lipinski definition) is 2. The second-order valence-corrected chi connectivity index (χ2v) is 4.97. The van der Waals surface area contributed by atoms with E-state index in [0.717, 1.165) is 23.6 Å². The largest absolute Gasteiger partial charge is 0.490 e. The molecule has 1 atom stereocenters. The fourth-order valence-electron chi connectivity index (χ4n) is 2.32. The molecule has 1 unspecified atom stereocenters. The Morgan fingerprint density at radius 1 is 1.43 bits per heavy atom. The molecule has 106 valence electrons. The van der Waals surface area contributed by atoms with Crippen LogP contribution in [0.3, 0.4) is 0 Å². The fraction of sp³-hybridized carbons (Fsp3) is 0.200. The Bertz CT molecular complexity index is 718. The third-order valence-corrected chi connectivity index (χ3v) is 3.44. The molecular formula is C15H13N3O3. The Labute approximate surface area is 120 Å². The zero-order valence-electron chi connectivity index (χ0n) is 11.1. The van der Waals surface area contributed by atoms with E-state index in [1.165, 1.54) is 0 Å². The van der Waals surface area contributed by atoms with Gasteiger partial charge in [-0.15, -0.1) is 0 Å². The van der Waals surface area contributed by atoms with Crippen LogP contribution in [0, 0.1) is 0 Å². The Kier molecular flexibility index (Phi) is 2.75. The summed E-state index contributed by atoms with van der Waals surface area (Å²) in [5.41, 5.74) is 2.90. The standard InChI is InChI=1S/C15H13N3O3/c19-15-11(6-9-4-5-16-18-9)14-12(17-15)2-1-3-13(14)21-8-10-7-20-10/h1-6,10H,7-8H2,(H,16,18)(H,17,19)/b11-6-. The first-order chi connectivity index (χ1) is 10.3. The Balaban J connectivity index is 1.73. The van der Waals surface area contributed by atoms with E-state index >= 15 is 0 Å². The van der Waals surface area contributed by atoms with E-state index in [2.05, 4.69) is 15.5 Å². The van der Waals surface area contributed by atoms with Gasteiger partial charge in [0.25, 0.3) is 5.91 Å². The van der Waals surface area contributed by atoms with Gasteiger partial charge in [-0.1, -0.05) is 6.07 Å². The number of H-pyrrole nitrogens is 1. The van der Waals surface area contributed by atoms with Gasteiger partial charge in [0.15, 0.2) is 0 Å². The zero-order chi connectivity index (χ0) is 14.2. The number of amides is 1. The van der Waals surface area contributed by atoms with E-state index in [1.54, 1.807) is 18.3 Å². The van der Waals surface area contributed by atoms with Crippen LogP contribution in [-0.4, -0.2) is 35.4 Å². The van der Waals surface area contributed by atoms with E-state index in [4.69, 9.17) is 9.47 Å². The van der Waals surface area contributed by atoms with Crippen molar-refractivity contribution in [2.75, 3.05) is 18.5 Å². The Hall–Kier alpha value is -2.60. The number of fused-ring (bicyclic) bond motifs is 1. The van der Waals surface area contributed by atoms with Crippen LogP contribution < -0.4 is 10.1 Å². The summed E-state index contributed by atoms with van der Waals surface area (Å²) in [5, 5.41) is 9.57. The van der Waals surface area contributed by atoms with Crippen molar-refractivity contribution < 1.29 is 14.3 Å². The average Bonchev–Trinajstić information content (AvgIpc) is 3.07. The van der Waals surface area contributed by atoms with Crippen molar-refractivity contribution in [3.05, 3.63) is 41.7 Å². The molecule has 2 aliphatic heterocycles. The summed E-state index contributed by atoms with van der Waals surface area (Å²) in [6.07, 6.45) is 3.59. The first kappa shape index (κ1) is 12.2. The fourth-order valence-corrected chi connectivity index (χ4v) is 2.32. The molecule has 0 bridgehead atoms. The molecule has 1 saturated heterocycles. The summed E-state index contributed by atoms with van der Waals surface area (Å²) in [6.45, 7) is 1.24. The van der Waals surface area contributed by atoms with Crippen LogP contribution in [0.5, 0.6) is 5.75 Å². The van der Waals surface area contributed by atoms with Gasteiger partial charge < -0.3 is 14.8 Å². The van der Waals surface area contributed by atoms with Gasteiger partial charge in [-0.2, -0.15) is 5.10 Å². The van der Waals surface area contributed by atoms with Crippen molar-refractivity contribution >= 4 is 23.2 Å². The number of anilines is 1. The van der Waals surface area contributed by atoms with Crippen LogP contribution in [0.25, 0.3) is 11.6 Å². The molecule has 1 aromatic heterocycles. The summed E-state index contributed by atoms with van der Waals surface area (Å²) in [7, 11) is 0. The number of aromatic nitrogens is 2. The third-order valence-electron chi connectivity index (χ3n) is 3.44. The molecule has 0 radical (unpaired) electrons. The highest BCUT2D eigenvalue weighted by atomic mass is 16.6. The van der Waals surface area contributed by atoms with Crippen LogP contribution >= 0.6 is 0 Å². The lowest BCUT2D eigenvalue weighted by Gasteiger charge is -2.09. The number of epoxide rings is 1. The quantitative estimate of drug-likeness (QED) is 0.661. The van der Waals surface area contributed by atoms with Crippen LogP contribution in [0.15, 0.2) is 30.5 Å². The summed E-state index contributed by atoms with van der Waals surface area (Å²) in [5.74, 6) is 0.547. The highest BCUT2D eigenvalue weighted by Gasteiger charge is 2.29. The lowest BCUT2D eigenvalue weighted by atomic mass is 10.0. The number of nitrogens with one attached hydrogen (secondary N) is 2. The van der Waals surface area contributed by atoms with E-state index in [-0.39, 0.29) is 12.0 Å². The molecule has 4 rings (SSSR count). The first-order valence-electron chi connectivity index (χ1n) is 6.71. The lowest BCUT2D eigenvalue weighted by Crippen LogP contribution is -2.05. The average molecular weight is 283 g/mol. The van der Waals surface area contributed by atoms with E-state index in [9.17, 15) is 4.79 Å². The van der Waals surface area contributed by atoms with Crippen molar-refractivity contribution in [2.45, 2.75) is 6.10 Å². The SMILES string of the molecule is O=C1Nc2cccc(OCC3CO3)c2/C1=C/c1ccn[nH]1. The number of nitrogens with zero attached hydrogens (tertiary/aromatic N) is 1. The van der Waals surface area contributed by atoms with Gasteiger partial charge in [0, 0.05) is 6.20 Å². The minimum Gasteiger partial charge on any atom is -0.490 e. The monoisotopic (exact) mass is 283 g/mol. The van der Waals surface area contributed by atoms with Crippen molar-refractivity contribution in [3.63, 3.8) is 0 Å². The molecule has 1 fully saturated rings. The van der Waals surface area contributed by atoms with E-state index < -0.39 is 0 Å². The molecule has 3 heterocycles. The number of ether oxygens (including phenoxy) is 2. The van der Waals surface area contributed by atoms with Gasteiger partial charge in [-0.05, 0) is 24.3 Å². The molecule has 0 spiro atoms. The van der Waals surface area contributed by atoms with Gasteiger partial charge in [0.2, 0.25) is 0 Å². The Morgan fingerprint density at radius 2 is 2.33 bits per heavy atom. The minimum absolute atomic E-state index is 0.140. The molecule has 2 aliphatic rings. The van der Waals surface area contributed by atoms with Crippen molar-refractivity contribution in [1.82, 2.24) is 10.2 Å². The number of carbonyl (C=O) groups is 1. The maximum atomic E-state index is 12.2. The van der Waals surface area contributed by atoms with Crippen molar-refractivity contribution in [3.8, 4) is 5.75 Å². The summed E-state index contributed by atoms with van der Waals surface area (Å²) in [6, 6.07) is 7.39. The van der Waals surface area contributed by atoms with Crippen LogP contribution in [-0.2, 0) is 9.53 Å². The van der Waals surface area contributed by atoms with Gasteiger partial charge in [-0.3, -0.25) is 9.89 Å². The van der Waals surface area contributed by atoms with E-state index in [0.29, 0.717) is 17.9 Å². The normalized spacial score (nSPS) is 21.2. The highest BCUT2D eigenvalue weighted by molar-refractivity contribution is 6.35. The van der Waals surface area contributed by atoms with Crippen LogP contribution in [0.4, 0.5) is 5.69 Å². The summed E-state index contributed by atoms with van der Waals surface area (Å²) in [4.78, 5) is 12.2. The number of rotatable bonds is 4. The molecule has 2 aromatic rings. The number of hydrogen-bond acceptors (Lipinski definition) is 4. The Morgan fingerprint density at radius 3 is 3.10 bits per heavy atom. The van der Waals surface area contributed by atoms with Crippen LogP contribution in [0.1, 0.15) is 11.3 Å². The molecule has 2 N–H and O–H groups in total. The minimum atomic E-state index is -0.140. The summed E-state index contributed by atoms with van der Waals surface area (Å²) >= 11 is 0. The molecule has 1 amide bonds. The van der Waals surface area contributed by atoms with Gasteiger partial charge in [0.05, 0.1) is 29.1 Å². The topological polar surface area (TPSA) is 79.5 Å². The van der Waals surface area contributed by atoms with Gasteiger partial charge in [-0.25, -0.2) is 0 Å². The smallest absolute Gasteiger partial charge is 0.256 e. The number of benzene rings is 1. The van der Waals surface area contributed by atoms with Gasteiger partial charge >= 0.3 is 0 Å². The maximum Gasteiger partial charge on any atom is 0.256 e. The third kappa shape index (κ3) is 2.30. The molecule has 6 nitrogen and oxygen atoms in total. The van der Waals surface area contributed by atoms with Crippen LogP contribution in [0.2, 0.25) is 0 Å². The van der Waals surface area contributed by atoms with Gasteiger partial charge in [0.1, 0.15) is 18.5 Å². The highest BCUT2D eigenvalue weighted by Crippen LogP contribution is 2.39.